The van der Waals surface area contributed by atoms with Gasteiger partial charge in [0.25, 0.3) is 0 Å². The first-order chi connectivity index (χ1) is 24.9. The molecule has 1 atom stereocenters. The van der Waals surface area contributed by atoms with Crippen LogP contribution in [0, 0.1) is 23.3 Å². The number of hydrogen-bond donors (Lipinski definition) is 1. The molecule has 1 aromatic rings. The molecular formula is C33H51F4NO11S2. The maximum atomic E-state index is 13.5. The van der Waals surface area contributed by atoms with Crippen molar-refractivity contribution in [2.24, 2.45) is 0 Å². The Hall–Kier alpha value is -1.74. The summed E-state index contributed by atoms with van der Waals surface area (Å²) in [5, 5.41) is 3.65. The standard InChI is InChI=1S/C33H51F4NO11S2/c34-27-25-28(35)32(37)33(31(27)36)49-30(40)5-8-41-10-12-43-14-16-45-18-20-47-22-23-48-21-19-46-17-15-44-13-11-42-9-7-38-29(39)4-2-1-3-26-6-24-50-51-26/h25-26H,1-24H2,(H,38,39). The van der Waals surface area contributed by atoms with Gasteiger partial charge in [-0.1, -0.05) is 28.0 Å². The molecule has 51 heavy (non-hydrogen) atoms. The number of benzene rings is 1. The lowest BCUT2D eigenvalue weighted by atomic mass is 10.1. The zero-order chi connectivity index (χ0) is 36.8. The SMILES string of the molecule is O=C(CCCCC1CCSS1)NCCOCCOCCOCCOCCOCCOCCOCCOCCC(=O)Oc1c(F)c(F)cc(F)c1F. The van der Waals surface area contributed by atoms with Crippen LogP contribution in [0.4, 0.5) is 17.6 Å². The van der Waals surface area contributed by atoms with Gasteiger partial charge in [0, 0.05) is 30.0 Å². The van der Waals surface area contributed by atoms with Gasteiger partial charge in [-0.2, -0.15) is 8.78 Å². The molecule has 294 valence electrons. The van der Waals surface area contributed by atoms with E-state index in [1.54, 1.807) is 0 Å². The molecule has 0 bridgehead atoms. The minimum Gasteiger partial charge on any atom is -0.420 e. The predicted molar refractivity (Wildman–Crippen MR) is 183 cm³/mol. The third kappa shape index (κ3) is 23.5. The minimum absolute atomic E-state index is 0.0187. The van der Waals surface area contributed by atoms with Gasteiger partial charge in [0.05, 0.1) is 112 Å². The molecule has 2 rings (SSSR count). The number of unbranched alkanes of at least 4 members (excludes halogenated alkanes) is 1. The summed E-state index contributed by atoms with van der Waals surface area (Å²) in [4.78, 5) is 23.5. The van der Waals surface area contributed by atoms with E-state index in [0.717, 1.165) is 18.1 Å². The second-order valence-electron chi connectivity index (χ2n) is 10.8. The second-order valence-corrected chi connectivity index (χ2v) is 13.6. The zero-order valence-corrected chi connectivity index (χ0v) is 30.6. The van der Waals surface area contributed by atoms with Crippen LogP contribution in [0.5, 0.6) is 5.75 Å². The highest BCUT2D eigenvalue weighted by Crippen LogP contribution is 2.39. The van der Waals surface area contributed by atoms with Crippen LogP contribution in [-0.2, 0) is 47.5 Å². The molecule has 1 aromatic carbocycles. The Kier molecular flexibility index (Phi) is 27.3. The molecule has 0 radical (unpaired) electrons. The molecule has 1 aliphatic heterocycles. The maximum absolute atomic E-state index is 13.5. The molecule has 1 heterocycles. The van der Waals surface area contributed by atoms with E-state index in [9.17, 15) is 27.2 Å². The van der Waals surface area contributed by atoms with E-state index < -0.39 is 41.4 Å². The average Bonchev–Trinajstić information content (AvgIpc) is 3.64. The first-order valence-corrected chi connectivity index (χ1v) is 19.5. The van der Waals surface area contributed by atoms with E-state index in [1.165, 1.54) is 18.6 Å². The number of ether oxygens (including phenoxy) is 9. The van der Waals surface area contributed by atoms with Crippen LogP contribution in [-0.4, -0.2) is 135 Å². The fourth-order valence-electron chi connectivity index (χ4n) is 4.18. The van der Waals surface area contributed by atoms with E-state index in [4.69, 9.17) is 37.9 Å². The average molecular weight is 778 g/mol. The maximum Gasteiger partial charge on any atom is 0.313 e. The summed E-state index contributed by atoms with van der Waals surface area (Å²) in [6.07, 6.45) is 4.72. The molecule has 1 fully saturated rings. The number of esters is 1. The molecule has 0 saturated carbocycles. The topological polar surface area (TPSA) is 129 Å². The van der Waals surface area contributed by atoms with Crippen LogP contribution < -0.4 is 10.1 Å². The van der Waals surface area contributed by atoms with Gasteiger partial charge in [-0.15, -0.1) is 0 Å². The van der Waals surface area contributed by atoms with Crippen LogP contribution >= 0.6 is 21.6 Å². The number of carbonyl (C=O) groups is 2. The summed E-state index contributed by atoms with van der Waals surface area (Å²) in [6.45, 7) is 6.11. The molecule has 0 aliphatic carbocycles. The van der Waals surface area contributed by atoms with Gasteiger partial charge in [0.15, 0.2) is 11.6 Å². The summed E-state index contributed by atoms with van der Waals surface area (Å²) >= 11 is 0. The number of carbonyl (C=O) groups excluding carboxylic acids is 2. The molecule has 1 saturated heterocycles. The van der Waals surface area contributed by atoms with Crippen molar-refractivity contribution in [1.82, 2.24) is 5.32 Å². The van der Waals surface area contributed by atoms with Gasteiger partial charge in [-0.3, -0.25) is 9.59 Å². The highest BCUT2D eigenvalue weighted by Gasteiger charge is 2.23. The molecular weight excluding hydrogens is 726 g/mol. The Morgan fingerprint density at radius 1 is 0.627 bits per heavy atom. The number of nitrogens with one attached hydrogen (secondary N) is 1. The lowest BCUT2D eigenvalue weighted by Gasteiger charge is -2.09. The molecule has 18 heteroatoms. The molecule has 1 aliphatic rings. The Morgan fingerprint density at radius 2 is 1.08 bits per heavy atom. The van der Waals surface area contributed by atoms with Gasteiger partial charge in [-0.25, -0.2) is 8.78 Å². The highest BCUT2D eigenvalue weighted by atomic mass is 33.1. The fourth-order valence-corrected chi connectivity index (χ4v) is 7.20. The van der Waals surface area contributed by atoms with Crippen molar-refractivity contribution in [2.45, 2.75) is 43.8 Å². The van der Waals surface area contributed by atoms with Crippen LogP contribution in [0.3, 0.4) is 0 Å². The van der Waals surface area contributed by atoms with Crippen molar-refractivity contribution in [3.8, 4) is 5.75 Å². The summed E-state index contributed by atoms with van der Waals surface area (Å²) in [5.74, 6) is -8.15. The number of rotatable bonds is 33. The second kappa shape index (κ2) is 30.7. The van der Waals surface area contributed by atoms with Gasteiger partial charge in [0.2, 0.25) is 23.3 Å². The fraction of sp³-hybridized carbons (Fsp3) is 0.758. The lowest BCUT2D eigenvalue weighted by Crippen LogP contribution is -2.27. The number of hydrogen-bond acceptors (Lipinski definition) is 13. The third-order valence-corrected chi connectivity index (χ3v) is 9.82. The van der Waals surface area contributed by atoms with Crippen molar-refractivity contribution in [2.75, 3.05) is 118 Å². The van der Waals surface area contributed by atoms with Crippen molar-refractivity contribution in [3.63, 3.8) is 0 Å². The van der Waals surface area contributed by atoms with E-state index >= 15 is 0 Å². The molecule has 1 unspecified atom stereocenters. The lowest BCUT2D eigenvalue weighted by molar-refractivity contribution is -0.136. The molecule has 12 nitrogen and oxygen atoms in total. The monoisotopic (exact) mass is 777 g/mol. The van der Waals surface area contributed by atoms with Crippen LogP contribution in [0.2, 0.25) is 0 Å². The zero-order valence-electron chi connectivity index (χ0n) is 28.9. The van der Waals surface area contributed by atoms with Crippen molar-refractivity contribution in [1.29, 1.82) is 0 Å². The quantitative estimate of drug-likeness (QED) is 0.0269. The van der Waals surface area contributed by atoms with Crippen LogP contribution in [0.25, 0.3) is 0 Å². The van der Waals surface area contributed by atoms with Crippen molar-refractivity contribution < 1.29 is 69.8 Å². The number of amides is 1. The molecule has 1 N–H and O–H groups in total. The molecule has 0 aromatic heterocycles. The minimum atomic E-state index is -1.79. The summed E-state index contributed by atoms with van der Waals surface area (Å²) < 4.78 is 101. The van der Waals surface area contributed by atoms with Gasteiger partial charge >= 0.3 is 5.97 Å². The van der Waals surface area contributed by atoms with E-state index in [1.807, 2.05) is 21.6 Å². The van der Waals surface area contributed by atoms with E-state index in [0.29, 0.717) is 98.9 Å². The first kappa shape index (κ1) is 45.4. The van der Waals surface area contributed by atoms with E-state index in [-0.39, 0.29) is 31.8 Å². The Labute approximate surface area is 304 Å². The van der Waals surface area contributed by atoms with Crippen molar-refractivity contribution in [3.05, 3.63) is 29.3 Å². The Morgan fingerprint density at radius 3 is 1.53 bits per heavy atom. The predicted octanol–water partition coefficient (Wildman–Crippen LogP) is 4.50. The largest absolute Gasteiger partial charge is 0.420 e. The normalized spacial score (nSPS) is 14.3. The Bertz CT molecular complexity index is 1050. The summed E-state index contributed by atoms with van der Waals surface area (Å²) in [6, 6.07) is 0.0187. The Balaban J connectivity index is 1.20. The smallest absolute Gasteiger partial charge is 0.313 e. The first-order valence-electron chi connectivity index (χ1n) is 17.1. The van der Waals surface area contributed by atoms with Gasteiger partial charge in [0.1, 0.15) is 0 Å². The summed E-state index contributed by atoms with van der Waals surface area (Å²) in [7, 11) is 3.94. The highest BCUT2D eigenvalue weighted by molar-refractivity contribution is 8.77. The van der Waals surface area contributed by atoms with Crippen molar-refractivity contribution >= 4 is 33.5 Å². The molecule has 0 spiro atoms. The number of halogens is 4. The molecule has 1 amide bonds. The van der Waals surface area contributed by atoms with E-state index in [2.05, 4.69) is 10.1 Å². The van der Waals surface area contributed by atoms with Gasteiger partial charge < -0.3 is 47.9 Å². The third-order valence-electron chi connectivity index (χ3n) is 6.82. The summed E-state index contributed by atoms with van der Waals surface area (Å²) in [5.41, 5.74) is 0. The van der Waals surface area contributed by atoms with Crippen LogP contribution in [0.15, 0.2) is 6.07 Å². The van der Waals surface area contributed by atoms with Gasteiger partial charge in [-0.05, 0) is 19.3 Å². The van der Waals surface area contributed by atoms with Crippen LogP contribution in [0.1, 0.15) is 38.5 Å².